The van der Waals surface area contributed by atoms with Crippen LogP contribution < -0.4 is 11.3 Å². The summed E-state index contributed by atoms with van der Waals surface area (Å²) in [6, 6.07) is 2.15. The molecule has 1 aliphatic carbocycles. The van der Waals surface area contributed by atoms with Gasteiger partial charge in [-0.15, -0.1) is 0 Å². The number of carbonyl (C=O) groups is 1. The van der Waals surface area contributed by atoms with E-state index in [1.54, 1.807) is 17.2 Å². The minimum atomic E-state index is -0.0184. The smallest absolute Gasteiger partial charge is 0.257 e. The lowest BCUT2D eigenvalue weighted by Gasteiger charge is -2.35. The van der Waals surface area contributed by atoms with Crippen LogP contribution in [0, 0.1) is 6.92 Å². The molecule has 5 nitrogen and oxygen atoms in total. The first-order valence-electron chi connectivity index (χ1n) is 5.84. The van der Waals surface area contributed by atoms with Gasteiger partial charge in [0.25, 0.3) is 5.91 Å². The van der Waals surface area contributed by atoms with E-state index in [1.165, 1.54) is 6.42 Å². The van der Waals surface area contributed by atoms with Crippen LogP contribution >= 0.6 is 0 Å². The molecule has 1 amide bonds. The molecule has 1 aliphatic rings. The molecule has 3 N–H and O–H groups in total. The molecular formula is C12H18N4O. The Hall–Kier alpha value is -1.62. The zero-order valence-corrected chi connectivity index (χ0v) is 10.2. The minimum Gasteiger partial charge on any atom is -0.339 e. The van der Waals surface area contributed by atoms with Crippen LogP contribution in [0.25, 0.3) is 0 Å². The third-order valence-electron chi connectivity index (χ3n) is 3.37. The van der Waals surface area contributed by atoms with E-state index in [0.717, 1.165) is 18.5 Å². The molecule has 1 saturated carbocycles. The fourth-order valence-electron chi connectivity index (χ4n) is 1.98. The number of hydrazine groups is 1. The van der Waals surface area contributed by atoms with Crippen LogP contribution in [0.5, 0.6) is 0 Å². The van der Waals surface area contributed by atoms with Crippen LogP contribution in [0.15, 0.2) is 12.3 Å². The van der Waals surface area contributed by atoms with E-state index < -0.39 is 0 Å². The highest BCUT2D eigenvalue weighted by Crippen LogP contribution is 2.26. The fourth-order valence-corrected chi connectivity index (χ4v) is 1.98. The van der Waals surface area contributed by atoms with Crippen molar-refractivity contribution < 1.29 is 4.79 Å². The van der Waals surface area contributed by atoms with Crippen molar-refractivity contribution in [2.45, 2.75) is 32.2 Å². The lowest BCUT2D eigenvalue weighted by atomic mass is 9.91. The van der Waals surface area contributed by atoms with Gasteiger partial charge >= 0.3 is 0 Å². The van der Waals surface area contributed by atoms with E-state index in [9.17, 15) is 4.79 Å². The van der Waals surface area contributed by atoms with Gasteiger partial charge in [-0.2, -0.15) is 0 Å². The number of nitrogens with one attached hydrogen (secondary N) is 1. The van der Waals surface area contributed by atoms with E-state index in [4.69, 9.17) is 5.84 Å². The average Bonchev–Trinajstić information content (AvgIpc) is 2.25. The molecule has 0 bridgehead atoms. The highest BCUT2D eigenvalue weighted by atomic mass is 16.2. The molecule has 0 radical (unpaired) electrons. The monoisotopic (exact) mass is 234 g/mol. The second-order valence-corrected chi connectivity index (χ2v) is 4.52. The summed E-state index contributed by atoms with van der Waals surface area (Å²) >= 11 is 0. The zero-order valence-electron chi connectivity index (χ0n) is 10.2. The second kappa shape index (κ2) is 4.71. The molecule has 92 valence electrons. The quantitative estimate of drug-likeness (QED) is 0.611. The number of aromatic nitrogens is 1. The zero-order chi connectivity index (χ0) is 12.4. The largest absolute Gasteiger partial charge is 0.339 e. The van der Waals surface area contributed by atoms with Crippen LogP contribution in [0.2, 0.25) is 0 Å². The maximum atomic E-state index is 12.3. The van der Waals surface area contributed by atoms with E-state index in [-0.39, 0.29) is 5.91 Å². The molecule has 1 aromatic heterocycles. The van der Waals surface area contributed by atoms with E-state index in [1.807, 2.05) is 14.0 Å². The van der Waals surface area contributed by atoms with Crippen molar-refractivity contribution in [2.75, 3.05) is 12.5 Å². The minimum absolute atomic E-state index is 0.0184. The molecule has 5 heteroatoms. The van der Waals surface area contributed by atoms with Gasteiger partial charge in [0.1, 0.15) is 0 Å². The first kappa shape index (κ1) is 11.9. The van der Waals surface area contributed by atoms with Gasteiger partial charge in [-0.05, 0) is 32.3 Å². The molecular weight excluding hydrogens is 216 g/mol. The summed E-state index contributed by atoms with van der Waals surface area (Å²) in [7, 11) is 1.84. The number of nitrogens with zero attached hydrogens (tertiary/aromatic N) is 2. The molecule has 1 fully saturated rings. The molecule has 0 unspecified atom stereocenters. The molecule has 17 heavy (non-hydrogen) atoms. The summed E-state index contributed by atoms with van der Waals surface area (Å²) in [5.74, 6) is 5.41. The van der Waals surface area contributed by atoms with E-state index in [0.29, 0.717) is 17.3 Å². The third kappa shape index (κ3) is 2.24. The van der Waals surface area contributed by atoms with Crippen molar-refractivity contribution >= 4 is 11.6 Å². The number of pyridine rings is 1. The van der Waals surface area contributed by atoms with Gasteiger partial charge in [-0.1, -0.05) is 0 Å². The van der Waals surface area contributed by atoms with Gasteiger partial charge in [0.2, 0.25) is 0 Å². The molecule has 0 aromatic carbocycles. The average molecular weight is 234 g/mol. The highest BCUT2D eigenvalue weighted by molar-refractivity contribution is 5.99. The Morgan fingerprint density at radius 3 is 2.82 bits per heavy atom. The summed E-state index contributed by atoms with van der Waals surface area (Å²) in [6.45, 7) is 1.87. The maximum Gasteiger partial charge on any atom is 0.257 e. The van der Waals surface area contributed by atoms with Crippen molar-refractivity contribution in [3.8, 4) is 0 Å². The number of nitrogen functional groups attached to an aromatic ring is 1. The van der Waals surface area contributed by atoms with Gasteiger partial charge in [0, 0.05) is 25.0 Å². The van der Waals surface area contributed by atoms with Gasteiger partial charge in [-0.3, -0.25) is 15.6 Å². The van der Waals surface area contributed by atoms with Crippen LogP contribution in [-0.2, 0) is 0 Å². The number of rotatable bonds is 3. The van der Waals surface area contributed by atoms with Crippen molar-refractivity contribution in [1.29, 1.82) is 0 Å². The molecule has 0 atom stereocenters. The first-order chi connectivity index (χ1) is 8.13. The van der Waals surface area contributed by atoms with Crippen LogP contribution in [0.4, 0.5) is 5.69 Å². The number of carbonyl (C=O) groups excluding carboxylic acids is 1. The maximum absolute atomic E-state index is 12.3. The summed E-state index contributed by atoms with van der Waals surface area (Å²) in [6.07, 6.45) is 4.97. The van der Waals surface area contributed by atoms with Crippen LogP contribution in [0.3, 0.4) is 0 Å². The molecule has 0 spiro atoms. The Morgan fingerprint density at radius 2 is 2.29 bits per heavy atom. The fraction of sp³-hybridized carbons (Fsp3) is 0.500. The Kier molecular flexibility index (Phi) is 3.28. The molecule has 0 saturated heterocycles. The molecule has 2 rings (SSSR count). The van der Waals surface area contributed by atoms with Gasteiger partial charge in [0.05, 0.1) is 11.3 Å². The molecule has 1 aromatic rings. The predicted octanol–water partition coefficient (Wildman–Crippen LogP) is 1.30. The van der Waals surface area contributed by atoms with Crippen molar-refractivity contribution in [2.24, 2.45) is 5.84 Å². The Bertz CT molecular complexity index is 429. The topological polar surface area (TPSA) is 71.2 Å². The number of nitrogens with two attached hydrogens (primary N) is 1. The van der Waals surface area contributed by atoms with Crippen molar-refractivity contribution in [3.63, 3.8) is 0 Å². The van der Waals surface area contributed by atoms with Crippen molar-refractivity contribution in [3.05, 3.63) is 23.5 Å². The van der Waals surface area contributed by atoms with E-state index in [2.05, 4.69) is 10.4 Å². The summed E-state index contributed by atoms with van der Waals surface area (Å²) in [5.41, 5.74) is 4.56. The first-order valence-corrected chi connectivity index (χ1v) is 5.84. The second-order valence-electron chi connectivity index (χ2n) is 4.52. The number of aryl methyl sites for hydroxylation is 1. The number of hydrogen-bond donors (Lipinski definition) is 2. The third-order valence-corrected chi connectivity index (χ3v) is 3.37. The van der Waals surface area contributed by atoms with Crippen LogP contribution in [0.1, 0.15) is 35.3 Å². The standard InChI is InChI=1S/C12H18N4O/c1-8-6-11(15-13)10(7-14-8)12(17)16(2)9-4-3-5-9/h6-7,9H,3-5,13H2,1-2H3,(H,14,15). The Balaban J connectivity index is 2.23. The van der Waals surface area contributed by atoms with Gasteiger partial charge < -0.3 is 10.3 Å². The van der Waals surface area contributed by atoms with Gasteiger partial charge in [-0.25, -0.2) is 0 Å². The van der Waals surface area contributed by atoms with Gasteiger partial charge in [0.15, 0.2) is 0 Å². The lowest BCUT2D eigenvalue weighted by molar-refractivity contribution is 0.0652. The lowest BCUT2D eigenvalue weighted by Crippen LogP contribution is -2.41. The summed E-state index contributed by atoms with van der Waals surface area (Å²) in [4.78, 5) is 18.2. The number of anilines is 1. The highest BCUT2D eigenvalue weighted by Gasteiger charge is 2.27. The van der Waals surface area contributed by atoms with E-state index >= 15 is 0 Å². The molecule has 1 heterocycles. The summed E-state index contributed by atoms with van der Waals surface area (Å²) < 4.78 is 0. The summed E-state index contributed by atoms with van der Waals surface area (Å²) in [5, 5.41) is 0. The number of amides is 1. The Morgan fingerprint density at radius 1 is 1.59 bits per heavy atom. The normalized spacial score (nSPS) is 15.2. The number of hydrogen-bond acceptors (Lipinski definition) is 4. The molecule has 0 aliphatic heterocycles. The predicted molar refractivity (Wildman–Crippen MR) is 66.5 cm³/mol. The Labute approximate surface area is 101 Å². The van der Waals surface area contributed by atoms with Crippen molar-refractivity contribution in [1.82, 2.24) is 9.88 Å². The van der Waals surface area contributed by atoms with Crippen LogP contribution in [-0.4, -0.2) is 28.9 Å². The SMILES string of the molecule is Cc1cc(NN)c(C(=O)N(C)C2CCC2)cn1.